The van der Waals surface area contributed by atoms with E-state index in [1.807, 2.05) is 0 Å². The predicted molar refractivity (Wildman–Crippen MR) is 86.0 cm³/mol. The Morgan fingerprint density at radius 1 is 1.05 bits per heavy atom. The highest BCUT2D eigenvalue weighted by molar-refractivity contribution is 4.93. The molecule has 0 amide bonds. The van der Waals surface area contributed by atoms with E-state index in [0.29, 0.717) is 5.41 Å². The first-order chi connectivity index (χ1) is 9.81. The molecule has 3 atom stereocenters. The van der Waals surface area contributed by atoms with E-state index in [9.17, 15) is 0 Å². The van der Waals surface area contributed by atoms with E-state index in [4.69, 9.17) is 0 Å². The van der Waals surface area contributed by atoms with Crippen molar-refractivity contribution in [2.24, 2.45) is 11.3 Å². The molecule has 0 bridgehead atoms. The average molecular weight is 278 g/mol. The van der Waals surface area contributed by atoms with Crippen LogP contribution in [0.4, 0.5) is 0 Å². The Labute approximate surface area is 125 Å². The SMILES string of the molecule is CCC1CCCC(N2CCCC3(CCCNC3)C2)CC1. The molecule has 0 aromatic carbocycles. The number of rotatable bonds is 2. The minimum Gasteiger partial charge on any atom is -0.316 e. The number of hydrogen-bond donors (Lipinski definition) is 1. The lowest BCUT2D eigenvalue weighted by Crippen LogP contribution is -2.53. The number of nitrogens with one attached hydrogen (secondary N) is 1. The van der Waals surface area contributed by atoms with Crippen LogP contribution in [0, 0.1) is 11.3 Å². The molecular formula is C18H34N2. The normalized spacial score (nSPS) is 40.6. The minimum absolute atomic E-state index is 0.632. The van der Waals surface area contributed by atoms with Crippen LogP contribution in [-0.4, -0.2) is 37.1 Å². The van der Waals surface area contributed by atoms with Crippen molar-refractivity contribution < 1.29 is 0 Å². The van der Waals surface area contributed by atoms with E-state index in [0.717, 1.165) is 12.0 Å². The summed E-state index contributed by atoms with van der Waals surface area (Å²) in [7, 11) is 0. The van der Waals surface area contributed by atoms with Gasteiger partial charge in [0.25, 0.3) is 0 Å². The zero-order chi connectivity index (χ0) is 13.8. The molecule has 0 aromatic rings. The summed E-state index contributed by atoms with van der Waals surface area (Å²) in [5.74, 6) is 1.02. The summed E-state index contributed by atoms with van der Waals surface area (Å²) in [6, 6.07) is 0.908. The molecule has 1 N–H and O–H groups in total. The summed E-state index contributed by atoms with van der Waals surface area (Å²) in [6.45, 7) is 7.69. The molecule has 0 radical (unpaired) electrons. The van der Waals surface area contributed by atoms with Gasteiger partial charge >= 0.3 is 0 Å². The number of piperidine rings is 2. The second-order valence-electron chi connectivity index (χ2n) is 7.79. The van der Waals surface area contributed by atoms with Gasteiger partial charge in [0.2, 0.25) is 0 Å². The molecule has 1 saturated carbocycles. The van der Waals surface area contributed by atoms with Crippen molar-refractivity contribution in [3.05, 3.63) is 0 Å². The Kier molecular flexibility index (Phi) is 5.04. The van der Waals surface area contributed by atoms with Gasteiger partial charge in [0.05, 0.1) is 0 Å². The van der Waals surface area contributed by atoms with E-state index in [1.54, 1.807) is 0 Å². The number of hydrogen-bond acceptors (Lipinski definition) is 2. The maximum atomic E-state index is 3.67. The van der Waals surface area contributed by atoms with E-state index >= 15 is 0 Å². The molecule has 2 aliphatic heterocycles. The van der Waals surface area contributed by atoms with Crippen LogP contribution in [0.2, 0.25) is 0 Å². The second-order valence-corrected chi connectivity index (χ2v) is 7.79. The molecule has 2 saturated heterocycles. The van der Waals surface area contributed by atoms with Crippen LogP contribution in [0.25, 0.3) is 0 Å². The predicted octanol–water partition coefficient (Wildman–Crippen LogP) is 3.81. The molecule has 3 aliphatic rings. The van der Waals surface area contributed by atoms with Crippen molar-refractivity contribution in [3.63, 3.8) is 0 Å². The zero-order valence-electron chi connectivity index (χ0n) is 13.5. The lowest BCUT2D eigenvalue weighted by Gasteiger charge is -2.48. The van der Waals surface area contributed by atoms with Crippen molar-refractivity contribution in [1.82, 2.24) is 10.2 Å². The maximum absolute atomic E-state index is 3.67. The standard InChI is InChI=1S/C18H34N2/c1-2-16-6-3-7-17(9-8-16)20-13-5-11-18(15-20)10-4-12-19-14-18/h16-17,19H,2-15H2,1H3. The molecule has 2 heteroatoms. The van der Waals surface area contributed by atoms with E-state index in [2.05, 4.69) is 17.1 Å². The largest absolute Gasteiger partial charge is 0.316 e. The summed E-state index contributed by atoms with van der Waals surface area (Å²) in [4.78, 5) is 2.90. The molecule has 1 aliphatic carbocycles. The third-order valence-corrected chi connectivity index (χ3v) is 6.40. The highest BCUT2D eigenvalue weighted by Gasteiger charge is 2.38. The Hall–Kier alpha value is -0.0800. The molecule has 3 rings (SSSR count). The highest BCUT2D eigenvalue weighted by atomic mass is 15.2. The molecular weight excluding hydrogens is 244 g/mol. The summed E-state index contributed by atoms with van der Waals surface area (Å²) in [5.41, 5.74) is 0.632. The van der Waals surface area contributed by atoms with Crippen LogP contribution in [-0.2, 0) is 0 Å². The topological polar surface area (TPSA) is 15.3 Å². The number of likely N-dealkylation sites (tertiary alicyclic amines) is 1. The summed E-state index contributed by atoms with van der Waals surface area (Å²) >= 11 is 0. The fourth-order valence-corrected chi connectivity index (χ4v) is 5.07. The first kappa shape index (κ1) is 14.8. The first-order valence-electron chi connectivity index (χ1n) is 9.26. The molecule has 2 heterocycles. The minimum atomic E-state index is 0.632. The first-order valence-corrected chi connectivity index (χ1v) is 9.26. The van der Waals surface area contributed by atoms with Gasteiger partial charge in [-0.15, -0.1) is 0 Å². The molecule has 20 heavy (non-hydrogen) atoms. The van der Waals surface area contributed by atoms with Gasteiger partial charge in [-0.3, -0.25) is 4.90 Å². The fraction of sp³-hybridized carbons (Fsp3) is 1.00. The quantitative estimate of drug-likeness (QED) is 0.773. The second kappa shape index (κ2) is 6.79. The van der Waals surface area contributed by atoms with Gasteiger partial charge in [0, 0.05) is 19.1 Å². The smallest absolute Gasteiger partial charge is 0.00956 e. The van der Waals surface area contributed by atoms with Gasteiger partial charge in [0.15, 0.2) is 0 Å². The van der Waals surface area contributed by atoms with E-state index < -0.39 is 0 Å². The van der Waals surface area contributed by atoms with Crippen molar-refractivity contribution >= 4 is 0 Å². The van der Waals surface area contributed by atoms with Crippen LogP contribution in [0.1, 0.15) is 71.1 Å². The van der Waals surface area contributed by atoms with Gasteiger partial charge in [-0.25, -0.2) is 0 Å². The Bertz CT molecular complexity index is 290. The molecule has 116 valence electrons. The van der Waals surface area contributed by atoms with Crippen LogP contribution in [0.15, 0.2) is 0 Å². The lowest BCUT2D eigenvalue weighted by atomic mass is 9.74. The van der Waals surface area contributed by atoms with Crippen LogP contribution in [0.3, 0.4) is 0 Å². The Balaban J connectivity index is 1.58. The van der Waals surface area contributed by atoms with Crippen LogP contribution >= 0.6 is 0 Å². The van der Waals surface area contributed by atoms with Gasteiger partial charge in [-0.05, 0) is 69.4 Å². The highest BCUT2D eigenvalue weighted by Crippen LogP contribution is 2.38. The van der Waals surface area contributed by atoms with E-state index in [1.165, 1.54) is 90.4 Å². The summed E-state index contributed by atoms with van der Waals surface area (Å²) in [6.07, 6.45) is 14.6. The van der Waals surface area contributed by atoms with Gasteiger partial charge < -0.3 is 5.32 Å². The third kappa shape index (κ3) is 3.39. The average Bonchev–Trinajstić information content (AvgIpc) is 2.73. The van der Waals surface area contributed by atoms with Gasteiger partial charge in [-0.2, -0.15) is 0 Å². The zero-order valence-corrected chi connectivity index (χ0v) is 13.5. The van der Waals surface area contributed by atoms with Crippen LogP contribution < -0.4 is 5.32 Å². The fourth-order valence-electron chi connectivity index (χ4n) is 5.07. The van der Waals surface area contributed by atoms with Gasteiger partial charge in [0.1, 0.15) is 0 Å². The van der Waals surface area contributed by atoms with Crippen molar-refractivity contribution in [1.29, 1.82) is 0 Å². The summed E-state index contributed by atoms with van der Waals surface area (Å²) < 4.78 is 0. The Morgan fingerprint density at radius 2 is 1.95 bits per heavy atom. The Morgan fingerprint density at radius 3 is 2.75 bits per heavy atom. The van der Waals surface area contributed by atoms with Crippen molar-refractivity contribution in [2.45, 2.75) is 77.2 Å². The lowest BCUT2D eigenvalue weighted by molar-refractivity contribution is 0.0326. The van der Waals surface area contributed by atoms with Crippen molar-refractivity contribution in [2.75, 3.05) is 26.2 Å². The molecule has 2 nitrogen and oxygen atoms in total. The maximum Gasteiger partial charge on any atom is 0.00956 e. The van der Waals surface area contributed by atoms with E-state index in [-0.39, 0.29) is 0 Å². The monoisotopic (exact) mass is 278 g/mol. The third-order valence-electron chi connectivity index (χ3n) is 6.40. The molecule has 1 spiro atoms. The summed E-state index contributed by atoms with van der Waals surface area (Å²) in [5, 5.41) is 3.67. The molecule has 0 aromatic heterocycles. The van der Waals surface area contributed by atoms with Crippen LogP contribution in [0.5, 0.6) is 0 Å². The van der Waals surface area contributed by atoms with Crippen molar-refractivity contribution in [3.8, 4) is 0 Å². The number of nitrogens with zero attached hydrogens (tertiary/aromatic N) is 1. The van der Waals surface area contributed by atoms with Gasteiger partial charge in [-0.1, -0.05) is 26.2 Å². The molecule has 3 fully saturated rings. The molecule has 3 unspecified atom stereocenters.